The van der Waals surface area contributed by atoms with Gasteiger partial charge in [-0.25, -0.2) is 0 Å². The van der Waals surface area contributed by atoms with Crippen LogP contribution in [0.1, 0.15) is 80.6 Å². The number of hydrogen-bond acceptors (Lipinski definition) is 0. The second kappa shape index (κ2) is 7.35. The molecule has 98 valence electrons. The summed E-state index contributed by atoms with van der Waals surface area (Å²) in [5.41, 5.74) is 0.556. The quantitative estimate of drug-likeness (QED) is 0.482. The third-order valence-electron chi connectivity index (χ3n) is 5.38. The molecule has 2 unspecified atom stereocenters. The van der Waals surface area contributed by atoms with Gasteiger partial charge in [0.15, 0.2) is 0 Å². The van der Waals surface area contributed by atoms with E-state index in [0.717, 1.165) is 17.8 Å². The maximum Gasteiger partial charge on any atom is -0.0305 e. The van der Waals surface area contributed by atoms with Gasteiger partial charge in [0.25, 0.3) is 0 Å². The molecule has 0 rings (SSSR count). The van der Waals surface area contributed by atoms with Crippen molar-refractivity contribution in [2.45, 2.75) is 80.6 Å². The van der Waals surface area contributed by atoms with Crippen molar-refractivity contribution in [2.75, 3.05) is 0 Å². The molecule has 0 aliphatic carbocycles. The van der Waals surface area contributed by atoms with Gasteiger partial charge < -0.3 is 0 Å². The maximum atomic E-state index is 2.47. The standard InChI is InChI=1S/C16H34/c1-8-15(9-2)13(5)12-14(6)16(7,10-3)11-4/h13-15H,8-12H2,1-7H3. The molecule has 0 saturated carbocycles. The predicted octanol–water partition coefficient (Wildman–Crippen LogP) is 5.91. The van der Waals surface area contributed by atoms with Crippen molar-refractivity contribution < 1.29 is 0 Å². The van der Waals surface area contributed by atoms with E-state index in [1.165, 1.54) is 32.1 Å². The second-order valence-corrected chi connectivity index (χ2v) is 6.05. The van der Waals surface area contributed by atoms with Crippen molar-refractivity contribution in [1.82, 2.24) is 0 Å². The molecule has 16 heavy (non-hydrogen) atoms. The smallest absolute Gasteiger partial charge is 0.0305 e. The van der Waals surface area contributed by atoms with Crippen molar-refractivity contribution in [3.8, 4) is 0 Å². The van der Waals surface area contributed by atoms with Gasteiger partial charge >= 0.3 is 0 Å². The maximum absolute atomic E-state index is 2.47. The van der Waals surface area contributed by atoms with Gasteiger partial charge in [0, 0.05) is 0 Å². The minimum absolute atomic E-state index is 0.556. The Hall–Kier alpha value is 0. The molecule has 0 nitrogen and oxygen atoms in total. The number of hydrogen-bond donors (Lipinski definition) is 0. The zero-order chi connectivity index (χ0) is 12.8. The first-order chi connectivity index (χ1) is 7.45. The van der Waals surface area contributed by atoms with Gasteiger partial charge in [-0.3, -0.25) is 0 Å². The molecule has 0 radical (unpaired) electrons. The van der Waals surface area contributed by atoms with Gasteiger partial charge in [-0.15, -0.1) is 0 Å². The topological polar surface area (TPSA) is 0 Å². The number of rotatable bonds is 8. The fourth-order valence-corrected chi connectivity index (χ4v) is 3.07. The van der Waals surface area contributed by atoms with Crippen LogP contribution in [0, 0.1) is 23.2 Å². The zero-order valence-corrected chi connectivity index (χ0v) is 12.8. The SMILES string of the molecule is CCC(CC)C(C)CC(C)C(C)(CC)CC. The van der Waals surface area contributed by atoms with E-state index < -0.39 is 0 Å². The Morgan fingerprint density at radius 3 is 1.62 bits per heavy atom. The minimum Gasteiger partial charge on any atom is -0.0651 e. The normalized spacial score (nSPS) is 16.5. The molecule has 0 heterocycles. The van der Waals surface area contributed by atoms with Gasteiger partial charge in [0.05, 0.1) is 0 Å². The van der Waals surface area contributed by atoms with Crippen LogP contribution in [-0.2, 0) is 0 Å². The summed E-state index contributed by atoms with van der Waals surface area (Å²) in [7, 11) is 0. The largest absolute Gasteiger partial charge is 0.0651 e. The molecule has 0 aromatic rings. The lowest BCUT2D eigenvalue weighted by Crippen LogP contribution is -2.27. The van der Waals surface area contributed by atoms with Crippen LogP contribution in [0.5, 0.6) is 0 Å². The van der Waals surface area contributed by atoms with Gasteiger partial charge in [-0.1, -0.05) is 74.1 Å². The zero-order valence-electron chi connectivity index (χ0n) is 12.8. The third kappa shape index (κ3) is 4.11. The highest BCUT2D eigenvalue weighted by Crippen LogP contribution is 2.39. The predicted molar refractivity (Wildman–Crippen MR) is 75.7 cm³/mol. The Morgan fingerprint density at radius 1 is 0.875 bits per heavy atom. The highest BCUT2D eigenvalue weighted by molar-refractivity contribution is 4.80. The van der Waals surface area contributed by atoms with Crippen LogP contribution in [0.3, 0.4) is 0 Å². The second-order valence-electron chi connectivity index (χ2n) is 6.05. The van der Waals surface area contributed by atoms with Crippen LogP contribution in [0.25, 0.3) is 0 Å². The molecule has 0 amide bonds. The van der Waals surface area contributed by atoms with Crippen LogP contribution in [0.4, 0.5) is 0 Å². The summed E-state index contributed by atoms with van der Waals surface area (Å²) >= 11 is 0. The Bertz CT molecular complexity index is 163. The van der Waals surface area contributed by atoms with E-state index in [9.17, 15) is 0 Å². The van der Waals surface area contributed by atoms with Crippen LogP contribution >= 0.6 is 0 Å². The minimum atomic E-state index is 0.556. The molecular weight excluding hydrogens is 192 g/mol. The molecule has 0 spiro atoms. The molecule has 0 aliphatic heterocycles. The van der Waals surface area contributed by atoms with Crippen molar-refractivity contribution in [2.24, 2.45) is 23.2 Å². The fraction of sp³-hybridized carbons (Fsp3) is 1.00. The van der Waals surface area contributed by atoms with Gasteiger partial charge in [-0.05, 0) is 29.6 Å². The van der Waals surface area contributed by atoms with Crippen molar-refractivity contribution in [3.63, 3.8) is 0 Å². The summed E-state index contributed by atoms with van der Waals surface area (Å²) in [5.74, 6) is 2.68. The lowest BCUT2D eigenvalue weighted by atomic mass is 9.69. The van der Waals surface area contributed by atoms with Crippen LogP contribution < -0.4 is 0 Å². The van der Waals surface area contributed by atoms with E-state index in [0.29, 0.717) is 5.41 Å². The first kappa shape index (κ1) is 16.0. The summed E-state index contributed by atoms with van der Waals surface area (Å²) < 4.78 is 0. The average molecular weight is 226 g/mol. The molecular formula is C16H34. The monoisotopic (exact) mass is 226 g/mol. The highest BCUT2D eigenvalue weighted by Gasteiger charge is 2.29. The van der Waals surface area contributed by atoms with E-state index in [4.69, 9.17) is 0 Å². The van der Waals surface area contributed by atoms with E-state index in [1.54, 1.807) is 0 Å². The van der Waals surface area contributed by atoms with Crippen molar-refractivity contribution in [3.05, 3.63) is 0 Å². The molecule has 2 atom stereocenters. The molecule has 0 saturated heterocycles. The molecule has 0 heteroatoms. The fourth-order valence-electron chi connectivity index (χ4n) is 3.07. The lowest BCUT2D eigenvalue weighted by Gasteiger charge is -2.37. The van der Waals surface area contributed by atoms with E-state index in [2.05, 4.69) is 48.5 Å². The van der Waals surface area contributed by atoms with Gasteiger partial charge in [0.2, 0.25) is 0 Å². The van der Waals surface area contributed by atoms with E-state index in [1.807, 2.05) is 0 Å². The Kier molecular flexibility index (Phi) is 7.35. The molecule has 0 aromatic carbocycles. The molecule has 0 fully saturated rings. The van der Waals surface area contributed by atoms with E-state index in [-0.39, 0.29) is 0 Å². The average Bonchev–Trinajstić information content (AvgIpc) is 2.29. The first-order valence-electron chi connectivity index (χ1n) is 7.45. The van der Waals surface area contributed by atoms with Crippen LogP contribution in [-0.4, -0.2) is 0 Å². The molecule has 0 N–H and O–H groups in total. The molecule has 0 aliphatic rings. The highest BCUT2D eigenvalue weighted by atomic mass is 14.3. The summed E-state index contributed by atoms with van der Waals surface area (Å²) in [6.07, 6.45) is 6.74. The van der Waals surface area contributed by atoms with Crippen LogP contribution in [0.2, 0.25) is 0 Å². The summed E-state index contributed by atoms with van der Waals surface area (Å²) in [6, 6.07) is 0. The van der Waals surface area contributed by atoms with Gasteiger partial charge in [0.1, 0.15) is 0 Å². The Labute approximate surface area is 104 Å². The molecule has 0 aromatic heterocycles. The Balaban J connectivity index is 4.37. The van der Waals surface area contributed by atoms with Gasteiger partial charge in [-0.2, -0.15) is 0 Å². The third-order valence-corrected chi connectivity index (χ3v) is 5.38. The molecule has 0 bridgehead atoms. The first-order valence-corrected chi connectivity index (χ1v) is 7.45. The summed E-state index contributed by atoms with van der Waals surface area (Å²) in [4.78, 5) is 0. The lowest BCUT2D eigenvalue weighted by molar-refractivity contribution is 0.138. The van der Waals surface area contributed by atoms with Crippen molar-refractivity contribution in [1.29, 1.82) is 0 Å². The summed E-state index contributed by atoms with van der Waals surface area (Å²) in [5, 5.41) is 0. The summed E-state index contributed by atoms with van der Waals surface area (Å²) in [6.45, 7) is 16.8. The van der Waals surface area contributed by atoms with Crippen LogP contribution in [0.15, 0.2) is 0 Å². The van der Waals surface area contributed by atoms with E-state index >= 15 is 0 Å². The van der Waals surface area contributed by atoms with Crippen molar-refractivity contribution >= 4 is 0 Å². The Morgan fingerprint density at radius 2 is 1.31 bits per heavy atom.